The van der Waals surface area contributed by atoms with Crippen molar-refractivity contribution in [2.45, 2.75) is 12.8 Å². The molecule has 1 aliphatic rings. The molecule has 30 heavy (non-hydrogen) atoms. The van der Waals surface area contributed by atoms with Gasteiger partial charge in [0.2, 0.25) is 0 Å². The number of piperidine rings is 1. The number of fused-ring (bicyclic) bond motifs is 1. The summed E-state index contributed by atoms with van der Waals surface area (Å²) in [5, 5.41) is 5.10. The average molecular weight is 399 g/mol. The van der Waals surface area contributed by atoms with Gasteiger partial charge in [-0.1, -0.05) is 61.2 Å². The molecule has 1 unspecified atom stereocenters. The predicted octanol–water partition coefficient (Wildman–Crippen LogP) is 4.77. The van der Waals surface area contributed by atoms with E-state index in [0.29, 0.717) is 24.2 Å². The molecule has 3 aromatic rings. The first-order valence-electron chi connectivity index (χ1n) is 10.4. The molecule has 1 N–H and O–H groups in total. The van der Waals surface area contributed by atoms with Gasteiger partial charge < -0.3 is 10.2 Å². The molecular formula is C26H26N2O2. The summed E-state index contributed by atoms with van der Waals surface area (Å²) in [5.41, 5.74) is 2.39. The molecule has 3 aromatic carbocycles. The van der Waals surface area contributed by atoms with E-state index in [0.717, 1.165) is 35.7 Å². The van der Waals surface area contributed by atoms with E-state index in [2.05, 4.69) is 11.9 Å². The number of nitrogens with zero attached hydrogens (tertiary/aromatic N) is 1. The standard InChI is InChI=1S/C26H26N2O2/c1-2-19-12-14-22(15-13-19)26(30)28-16-6-7-20(18-28)17-27-25(29)24-11-5-9-21-8-3-4-10-23(21)24/h2-5,8-15,20H,1,6-7,16-18H2,(H,27,29). The van der Waals surface area contributed by atoms with Crippen LogP contribution < -0.4 is 5.32 Å². The smallest absolute Gasteiger partial charge is 0.253 e. The van der Waals surface area contributed by atoms with E-state index in [9.17, 15) is 9.59 Å². The lowest BCUT2D eigenvalue weighted by atomic mass is 9.96. The molecule has 1 aliphatic heterocycles. The van der Waals surface area contributed by atoms with E-state index in [1.54, 1.807) is 6.08 Å². The highest BCUT2D eigenvalue weighted by Crippen LogP contribution is 2.21. The van der Waals surface area contributed by atoms with Crippen LogP contribution in [0.3, 0.4) is 0 Å². The van der Waals surface area contributed by atoms with Crippen LogP contribution >= 0.6 is 0 Å². The normalized spacial score (nSPS) is 16.3. The fourth-order valence-corrected chi connectivity index (χ4v) is 4.12. The minimum absolute atomic E-state index is 0.0516. The Labute approximate surface area is 177 Å². The summed E-state index contributed by atoms with van der Waals surface area (Å²) in [7, 11) is 0. The van der Waals surface area contributed by atoms with Gasteiger partial charge in [-0.2, -0.15) is 0 Å². The minimum Gasteiger partial charge on any atom is -0.352 e. The molecule has 0 radical (unpaired) electrons. The molecule has 0 bridgehead atoms. The number of rotatable bonds is 5. The Hall–Kier alpha value is -3.40. The molecule has 0 saturated carbocycles. The van der Waals surface area contributed by atoms with Crippen molar-refractivity contribution < 1.29 is 9.59 Å². The Kier molecular flexibility index (Phi) is 5.94. The summed E-state index contributed by atoms with van der Waals surface area (Å²) >= 11 is 0. The molecular weight excluding hydrogens is 372 g/mol. The largest absolute Gasteiger partial charge is 0.352 e. The van der Waals surface area contributed by atoms with Crippen LogP contribution in [0.25, 0.3) is 16.8 Å². The molecule has 0 aliphatic carbocycles. The van der Waals surface area contributed by atoms with E-state index >= 15 is 0 Å². The molecule has 1 heterocycles. The molecule has 4 heteroatoms. The van der Waals surface area contributed by atoms with E-state index in [-0.39, 0.29) is 17.7 Å². The molecule has 1 atom stereocenters. The Morgan fingerprint density at radius 2 is 1.80 bits per heavy atom. The number of carbonyl (C=O) groups excluding carboxylic acids is 2. The molecule has 2 amide bonds. The first-order valence-corrected chi connectivity index (χ1v) is 10.4. The maximum absolute atomic E-state index is 12.9. The maximum atomic E-state index is 12.9. The third-order valence-corrected chi connectivity index (χ3v) is 5.79. The second-order valence-corrected chi connectivity index (χ2v) is 7.82. The molecule has 0 spiro atoms. The monoisotopic (exact) mass is 398 g/mol. The first-order chi connectivity index (χ1) is 14.7. The Bertz CT molecular complexity index is 1070. The van der Waals surface area contributed by atoms with E-state index < -0.39 is 0 Å². The molecule has 1 saturated heterocycles. The summed E-state index contributed by atoms with van der Waals surface area (Å²) in [4.78, 5) is 27.6. The van der Waals surface area contributed by atoms with Crippen LogP contribution in [0.2, 0.25) is 0 Å². The van der Waals surface area contributed by atoms with Gasteiger partial charge >= 0.3 is 0 Å². The molecule has 4 rings (SSSR count). The van der Waals surface area contributed by atoms with Crippen LogP contribution in [0.15, 0.2) is 73.3 Å². The number of likely N-dealkylation sites (tertiary alicyclic amines) is 1. The molecule has 4 nitrogen and oxygen atoms in total. The SMILES string of the molecule is C=Cc1ccc(C(=O)N2CCCC(CNC(=O)c3cccc4ccccc34)C2)cc1. The van der Waals surface area contributed by atoms with E-state index in [1.165, 1.54) is 0 Å². The van der Waals surface area contributed by atoms with Crippen molar-refractivity contribution in [3.05, 3.63) is 90.0 Å². The Balaban J connectivity index is 1.38. The molecule has 0 aromatic heterocycles. The highest BCUT2D eigenvalue weighted by molar-refractivity contribution is 6.07. The zero-order valence-corrected chi connectivity index (χ0v) is 17.0. The van der Waals surface area contributed by atoms with Crippen LogP contribution in [0.5, 0.6) is 0 Å². The number of hydrogen-bond donors (Lipinski definition) is 1. The summed E-state index contributed by atoms with van der Waals surface area (Å²) in [6, 6.07) is 21.2. The first kappa shape index (κ1) is 19.9. The summed E-state index contributed by atoms with van der Waals surface area (Å²) in [6.07, 6.45) is 3.73. The number of benzene rings is 3. The molecule has 1 fully saturated rings. The van der Waals surface area contributed by atoms with Gasteiger partial charge in [0, 0.05) is 30.8 Å². The summed E-state index contributed by atoms with van der Waals surface area (Å²) < 4.78 is 0. The quantitative estimate of drug-likeness (QED) is 0.673. The number of carbonyl (C=O) groups is 2. The topological polar surface area (TPSA) is 49.4 Å². The summed E-state index contributed by atoms with van der Waals surface area (Å²) in [6.45, 7) is 5.74. The van der Waals surface area contributed by atoms with Crippen LogP contribution in [-0.4, -0.2) is 36.3 Å². The highest BCUT2D eigenvalue weighted by Gasteiger charge is 2.25. The van der Waals surface area contributed by atoms with E-state index in [1.807, 2.05) is 71.6 Å². The van der Waals surface area contributed by atoms with Gasteiger partial charge in [0.05, 0.1) is 0 Å². The Morgan fingerprint density at radius 1 is 1.03 bits per heavy atom. The predicted molar refractivity (Wildman–Crippen MR) is 121 cm³/mol. The van der Waals surface area contributed by atoms with Crippen LogP contribution in [0.1, 0.15) is 39.1 Å². The molecule has 152 valence electrons. The zero-order chi connectivity index (χ0) is 20.9. The number of amides is 2. The van der Waals surface area contributed by atoms with Gasteiger partial charge in [0.1, 0.15) is 0 Å². The van der Waals surface area contributed by atoms with E-state index in [4.69, 9.17) is 0 Å². The van der Waals surface area contributed by atoms with Crippen molar-refractivity contribution >= 4 is 28.7 Å². The third-order valence-electron chi connectivity index (χ3n) is 5.79. The van der Waals surface area contributed by atoms with Crippen LogP contribution in [0, 0.1) is 5.92 Å². The average Bonchev–Trinajstić information content (AvgIpc) is 2.82. The van der Waals surface area contributed by atoms with Gasteiger partial charge in [-0.25, -0.2) is 0 Å². The van der Waals surface area contributed by atoms with Gasteiger partial charge in [-0.05, 0) is 53.3 Å². The Morgan fingerprint density at radius 3 is 2.60 bits per heavy atom. The highest BCUT2D eigenvalue weighted by atomic mass is 16.2. The fraction of sp³-hybridized carbons (Fsp3) is 0.231. The third kappa shape index (κ3) is 4.28. The van der Waals surface area contributed by atoms with Crippen molar-refractivity contribution in [2.75, 3.05) is 19.6 Å². The van der Waals surface area contributed by atoms with Gasteiger partial charge in [0.25, 0.3) is 11.8 Å². The van der Waals surface area contributed by atoms with Crippen molar-refractivity contribution in [3.63, 3.8) is 0 Å². The maximum Gasteiger partial charge on any atom is 0.253 e. The van der Waals surface area contributed by atoms with Gasteiger partial charge in [-0.15, -0.1) is 0 Å². The van der Waals surface area contributed by atoms with Gasteiger partial charge in [0.15, 0.2) is 0 Å². The van der Waals surface area contributed by atoms with Crippen molar-refractivity contribution in [1.82, 2.24) is 10.2 Å². The summed E-state index contributed by atoms with van der Waals surface area (Å²) in [5.74, 6) is 0.250. The van der Waals surface area contributed by atoms with Gasteiger partial charge in [-0.3, -0.25) is 9.59 Å². The van der Waals surface area contributed by atoms with Crippen LogP contribution in [0.4, 0.5) is 0 Å². The van der Waals surface area contributed by atoms with Crippen molar-refractivity contribution in [1.29, 1.82) is 0 Å². The fourth-order valence-electron chi connectivity index (χ4n) is 4.12. The van der Waals surface area contributed by atoms with Crippen molar-refractivity contribution in [2.24, 2.45) is 5.92 Å². The second-order valence-electron chi connectivity index (χ2n) is 7.82. The number of nitrogens with one attached hydrogen (secondary N) is 1. The lowest BCUT2D eigenvalue weighted by Crippen LogP contribution is -2.43. The number of hydrogen-bond acceptors (Lipinski definition) is 2. The lowest BCUT2D eigenvalue weighted by Gasteiger charge is -2.33. The van der Waals surface area contributed by atoms with Crippen LogP contribution in [-0.2, 0) is 0 Å². The minimum atomic E-state index is -0.0599. The lowest BCUT2D eigenvalue weighted by molar-refractivity contribution is 0.0671. The zero-order valence-electron chi connectivity index (χ0n) is 17.0. The second kappa shape index (κ2) is 8.95. The van der Waals surface area contributed by atoms with Crippen molar-refractivity contribution in [3.8, 4) is 0 Å².